The number of hydrogen-bond acceptors (Lipinski definition) is 5. The molecular formula is C20H18FIN4O3. The highest BCUT2D eigenvalue weighted by atomic mass is 127. The third kappa shape index (κ3) is 4.40. The average Bonchev–Trinajstić information content (AvgIpc) is 3.45. The number of hydrogen-bond donors (Lipinski definition) is 2. The molecule has 0 aliphatic heterocycles. The lowest BCUT2D eigenvalue weighted by atomic mass is 10.1. The lowest BCUT2D eigenvalue weighted by molar-refractivity contribution is -0.108. The summed E-state index contributed by atoms with van der Waals surface area (Å²) in [6, 6.07) is 8.84. The van der Waals surface area contributed by atoms with E-state index in [1.165, 1.54) is 17.0 Å². The first kappa shape index (κ1) is 19.8. The molecule has 1 aliphatic carbocycles. The van der Waals surface area contributed by atoms with Crippen molar-refractivity contribution in [3.05, 3.63) is 51.6 Å². The number of rotatable bonds is 8. The lowest BCUT2D eigenvalue weighted by Gasteiger charge is -2.14. The fourth-order valence-electron chi connectivity index (χ4n) is 2.93. The number of anilines is 2. The summed E-state index contributed by atoms with van der Waals surface area (Å²) in [5.74, 6) is -0.774. The molecule has 1 fully saturated rings. The van der Waals surface area contributed by atoms with E-state index in [0.29, 0.717) is 30.0 Å². The van der Waals surface area contributed by atoms with Crippen LogP contribution in [0.5, 0.6) is 0 Å². The minimum atomic E-state index is -0.668. The first-order valence-corrected chi connectivity index (χ1v) is 10.2. The van der Waals surface area contributed by atoms with Crippen LogP contribution in [0.3, 0.4) is 0 Å². The van der Waals surface area contributed by atoms with Crippen molar-refractivity contribution >= 4 is 57.2 Å². The van der Waals surface area contributed by atoms with E-state index >= 15 is 4.39 Å². The number of benzene rings is 2. The van der Waals surface area contributed by atoms with E-state index in [1.54, 1.807) is 12.1 Å². The molecule has 1 aromatic heterocycles. The summed E-state index contributed by atoms with van der Waals surface area (Å²) in [5.41, 5.74) is 3.53. The molecule has 0 bridgehead atoms. The fourth-order valence-corrected chi connectivity index (χ4v) is 3.29. The van der Waals surface area contributed by atoms with E-state index in [0.717, 1.165) is 16.4 Å². The van der Waals surface area contributed by atoms with Gasteiger partial charge in [-0.05, 0) is 71.7 Å². The van der Waals surface area contributed by atoms with Gasteiger partial charge in [0.15, 0.2) is 5.82 Å². The smallest absolute Gasteiger partial charge is 0.277 e. The molecule has 150 valence electrons. The highest BCUT2D eigenvalue weighted by molar-refractivity contribution is 14.1. The van der Waals surface area contributed by atoms with E-state index in [2.05, 4.69) is 38.4 Å². The van der Waals surface area contributed by atoms with Gasteiger partial charge in [0.1, 0.15) is 11.8 Å². The molecule has 29 heavy (non-hydrogen) atoms. The van der Waals surface area contributed by atoms with Gasteiger partial charge in [-0.15, -0.1) is 0 Å². The topological polar surface area (TPSA) is 85.2 Å². The number of fused-ring (bicyclic) bond motifs is 1. The van der Waals surface area contributed by atoms with Crippen LogP contribution >= 0.6 is 22.6 Å². The van der Waals surface area contributed by atoms with Gasteiger partial charge in [0.2, 0.25) is 0 Å². The molecule has 0 atom stereocenters. The van der Waals surface area contributed by atoms with Gasteiger partial charge in [-0.2, -0.15) is 0 Å². The summed E-state index contributed by atoms with van der Waals surface area (Å²) in [5, 5.41) is 2.98. The quantitative estimate of drug-likeness (QED) is 0.275. The number of imidazole rings is 1. The predicted molar refractivity (Wildman–Crippen MR) is 114 cm³/mol. The predicted octanol–water partition coefficient (Wildman–Crippen LogP) is 3.79. The Bertz CT molecular complexity index is 1060. The van der Waals surface area contributed by atoms with Gasteiger partial charge >= 0.3 is 0 Å². The molecule has 0 unspecified atom stereocenters. The first-order valence-electron chi connectivity index (χ1n) is 9.12. The second-order valence-electron chi connectivity index (χ2n) is 6.86. The Labute approximate surface area is 179 Å². The van der Waals surface area contributed by atoms with Crippen LogP contribution in [0.15, 0.2) is 36.7 Å². The molecular weight excluding hydrogens is 490 g/mol. The summed E-state index contributed by atoms with van der Waals surface area (Å²) in [7, 11) is 0. The van der Waals surface area contributed by atoms with Crippen molar-refractivity contribution < 1.29 is 18.8 Å². The Morgan fingerprint density at radius 2 is 2.10 bits per heavy atom. The molecule has 9 heteroatoms. The van der Waals surface area contributed by atoms with Crippen molar-refractivity contribution in [2.24, 2.45) is 5.92 Å². The molecule has 7 nitrogen and oxygen atoms in total. The summed E-state index contributed by atoms with van der Waals surface area (Å²) >= 11 is 2.18. The van der Waals surface area contributed by atoms with Gasteiger partial charge in [-0.25, -0.2) is 14.9 Å². The standard InChI is InChI=1S/C20H18FIN4O3/c21-17-18(24-14-5-3-13(22)4-6-14)15(20(28)25-29-10-12-1-2-12)9-16-19(17)23-11-26(16)7-8-27/h3-6,8-9,11-12,24H,1-2,7,10H2,(H,25,28). The fraction of sp³-hybridized carbons (Fsp3) is 0.250. The molecule has 3 aromatic rings. The molecule has 1 aliphatic rings. The molecule has 1 heterocycles. The minimum absolute atomic E-state index is 0.00239. The Balaban J connectivity index is 1.72. The van der Waals surface area contributed by atoms with Crippen molar-refractivity contribution in [1.82, 2.24) is 15.0 Å². The number of halogens is 2. The number of nitrogens with one attached hydrogen (secondary N) is 2. The van der Waals surface area contributed by atoms with Crippen molar-refractivity contribution in [2.75, 3.05) is 11.9 Å². The van der Waals surface area contributed by atoms with Gasteiger partial charge in [0, 0.05) is 9.26 Å². The molecule has 2 N–H and O–H groups in total. The van der Waals surface area contributed by atoms with Gasteiger partial charge in [-0.3, -0.25) is 9.63 Å². The molecule has 1 saturated carbocycles. The molecule has 0 saturated heterocycles. The number of carbonyl (C=O) groups is 2. The van der Waals surface area contributed by atoms with Crippen LogP contribution in [-0.4, -0.2) is 28.4 Å². The van der Waals surface area contributed by atoms with E-state index < -0.39 is 11.7 Å². The third-order valence-corrected chi connectivity index (χ3v) is 5.39. The lowest BCUT2D eigenvalue weighted by Crippen LogP contribution is -2.26. The molecule has 0 spiro atoms. The number of nitrogens with zero attached hydrogens (tertiary/aromatic N) is 2. The van der Waals surface area contributed by atoms with Crippen LogP contribution in [0.2, 0.25) is 0 Å². The monoisotopic (exact) mass is 508 g/mol. The molecule has 0 radical (unpaired) electrons. The van der Waals surface area contributed by atoms with Crippen LogP contribution in [-0.2, 0) is 16.2 Å². The van der Waals surface area contributed by atoms with Crippen LogP contribution in [0.4, 0.5) is 15.8 Å². The average molecular weight is 508 g/mol. The maximum absolute atomic E-state index is 15.3. The van der Waals surface area contributed by atoms with Gasteiger partial charge in [0.05, 0.1) is 36.2 Å². The highest BCUT2D eigenvalue weighted by Crippen LogP contribution is 2.31. The second kappa shape index (κ2) is 8.46. The summed E-state index contributed by atoms with van der Waals surface area (Å²) in [6.45, 7) is 0.443. The van der Waals surface area contributed by atoms with Gasteiger partial charge < -0.3 is 14.7 Å². The number of hydroxylamine groups is 1. The normalized spacial score (nSPS) is 13.4. The van der Waals surface area contributed by atoms with Crippen molar-refractivity contribution in [2.45, 2.75) is 19.4 Å². The SMILES string of the molecule is O=CCn1cnc2c(F)c(Nc3ccc(I)cc3)c(C(=O)NOCC3CC3)cc21. The van der Waals surface area contributed by atoms with E-state index in [9.17, 15) is 9.59 Å². The van der Waals surface area contributed by atoms with E-state index in [1.807, 2.05) is 12.1 Å². The zero-order valence-corrected chi connectivity index (χ0v) is 17.5. The Hall–Kier alpha value is -2.53. The number of aldehydes is 1. The molecule has 1 amide bonds. The minimum Gasteiger partial charge on any atom is -0.352 e. The number of carbonyl (C=O) groups excluding carboxylic acids is 2. The molecule has 2 aromatic carbocycles. The zero-order chi connectivity index (χ0) is 20.4. The summed E-state index contributed by atoms with van der Waals surface area (Å²) < 4.78 is 17.8. The maximum atomic E-state index is 15.3. The van der Waals surface area contributed by atoms with Gasteiger partial charge in [0.25, 0.3) is 5.91 Å². The number of aromatic nitrogens is 2. The van der Waals surface area contributed by atoms with Crippen LogP contribution < -0.4 is 10.8 Å². The summed E-state index contributed by atoms with van der Waals surface area (Å²) in [6.07, 6.45) is 4.24. The Morgan fingerprint density at radius 3 is 2.79 bits per heavy atom. The van der Waals surface area contributed by atoms with Crippen molar-refractivity contribution in [1.29, 1.82) is 0 Å². The highest BCUT2D eigenvalue weighted by Gasteiger charge is 2.24. The maximum Gasteiger partial charge on any atom is 0.277 e. The van der Waals surface area contributed by atoms with Crippen LogP contribution in [0, 0.1) is 15.3 Å². The van der Waals surface area contributed by atoms with Gasteiger partial charge in [-0.1, -0.05) is 0 Å². The van der Waals surface area contributed by atoms with Crippen LogP contribution in [0.25, 0.3) is 11.0 Å². The second-order valence-corrected chi connectivity index (χ2v) is 8.11. The van der Waals surface area contributed by atoms with Crippen molar-refractivity contribution in [3.63, 3.8) is 0 Å². The van der Waals surface area contributed by atoms with Crippen LogP contribution in [0.1, 0.15) is 23.2 Å². The summed E-state index contributed by atoms with van der Waals surface area (Å²) in [4.78, 5) is 33.0. The van der Waals surface area contributed by atoms with E-state index in [4.69, 9.17) is 4.84 Å². The largest absolute Gasteiger partial charge is 0.352 e. The molecule has 4 rings (SSSR count). The number of amides is 1. The first-order chi connectivity index (χ1) is 14.1. The van der Waals surface area contributed by atoms with Crippen molar-refractivity contribution in [3.8, 4) is 0 Å². The Morgan fingerprint density at radius 1 is 1.34 bits per heavy atom. The van der Waals surface area contributed by atoms with E-state index in [-0.39, 0.29) is 23.3 Å². The zero-order valence-electron chi connectivity index (χ0n) is 15.3. The third-order valence-electron chi connectivity index (χ3n) is 4.67. The Kier molecular flexibility index (Phi) is 5.76.